The van der Waals surface area contributed by atoms with Crippen LogP contribution in [-0.4, -0.2) is 15.3 Å². The van der Waals surface area contributed by atoms with Gasteiger partial charge in [-0.1, -0.05) is 30.3 Å². The molecule has 2 aromatic heterocycles. The first kappa shape index (κ1) is 11.9. The Kier molecular flexibility index (Phi) is 3.29. The third-order valence-corrected chi connectivity index (χ3v) is 3.59. The molecular weight excluding hydrogens is 258 g/mol. The number of hydrogen-bond acceptors (Lipinski definition) is 3. The van der Waals surface area contributed by atoms with Crippen LogP contribution in [-0.2, 0) is 17.8 Å². The first-order chi connectivity index (χ1) is 9.31. The highest BCUT2D eigenvalue weighted by Gasteiger charge is 2.05. The molecule has 5 heteroatoms. The molecule has 0 saturated heterocycles. The van der Waals surface area contributed by atoms with Gasteiger partial charge in [-0.05, 0) is 5.56 Å². The minimum atomic E-state index is 0.0163. The minimum absolute atomic E-state index is 0.0163. The van der Waals surface area contributed by atoms with Crippen LogP contribution in [0.5, 0.6) is 0 Å². The molecule has 19 heavy (non-hydrogen) atoms. The van der Waals surface area contributed by atoms with E-state index in [4.69, 9.17) is 0 Å². The number of nitrogens with one attached hydrogen (secondary N) is 1. The molecular formula is C14H13N3OS. The molecule has 1 amide bonds. The van der Waals surface area contributed by atoms with Crippen molar-refractivity contribution in [2.75, 3.05) is 0 Å². The van der Waals surface area contributed by atoms with Gasteiger partial charge in [0.15, 0.2) is 4.96 Å². The van der Waals surface area contributed by atoms with Crippen molar-refractivity contribution >= 4 is 22.2 Å². The molecule has 2 heterocycles. The second kappa shape index (κ2) is 5.24. The summed E-state index contributed by atoms with van der Waals surface area (Å²) in [4.78, 5) is 17.2. The Labute approximate surface area is 114 Å². The van der Waals surface area contributed by atoms with Gasteiger partial charge in [0.05, 0.1) is 18.7 Å². The average molecular weight is 271 g/mol. The van der Waals surface area contributed by atoms with Crippen LogP contribution in [0.4, 0.5) is 0 Å². The molecule has 0 aliphatic rings. The number of aromatic nitrogens is 2. The number of benzene rings is 1. The van der Waals surface area contributed by atoms with Crippen LogP contribution in [0.15, 0.2) is 48.1 Å². The number of rotatable bonds is 4. The Balaban J connectivity index is 1.57. The van der Waals surface area contributed by atoms with Gasteiger partial charge in [-0.2, -0.15) is 0 Å². The summed E-state index contributed by atoms with van der Waals surface area (Å²) in [6.45, 7) is 0.472. The lowest BCUT2D eigenvalue weighted by atomic mass is 10.1. The van der Waals surface area contributed by atoms with Crippen LogP contribution < -0.4 is 5.32 Å². The molecule has 4 nitrogen and oxygen atoms in total. The Morgan fingerprint density at radius 3 is 2.95 bits per heavy atom. The van der Waals surface area contributed by atoms with Crippen LogP contribution >= 0.6 is 11.3 Å². The molecule has 0 spiro atoms. The summed E-state index contributed by atoms with van der Waals surface area (Å²) < 4.78 is 1.96. The summed E-state index contributed by atoms with van der Waals surface area (Å²) in [5.41, 5.74) is 1.90. The van der Waals surface area contributed by atoms with Crippen LogP contribution in [0.1, 0.15) is 11.3 Å². The highest BCUT2D eigenvalue weighted by atomic mass is 32.1. The Hall–Kier alpha value is -2.14. The summed E-state index contributed by atoms with van der Waals surface area (Å²) >= 11 is 1.58. The van der Waals surface area contributed by atoms with E-state index in [-0.39, 0.29) is 5.91 Å². The fraction of sp³-hybridized carbons (Fsp3) is 0.143. The van der Waals surface area contributed by atoms with Crippen LogP contribution in [0.25, 0.3) is 4.96 Å². The summed E-state index contributed by atoms with van der Waals surface area (Å²) in [6, 6.07) is 9.72. The number of carbonyl (C=O) groups is 1. The van der Waals surface area contributed by atoms with Gasteiger partial charge < -0.3 is 5.32 Å². The highest BCUT2D eigenvalue weighted by molar-refractivity contribution is 7.15. The molecule has 0 saturated carbocycles. The molecule has 3 rings (SSSR count). The van der Waals surface area contributed by atoms with Crippen molar-refractivity contribution in [2.45, 2.75) is 13.0 Å². The van der Waals surface area contributed by atoms with E-state index in [9.17, 15) is 4.79 Å². The zero-order valence-electron chi connectivity index (χ0n) is 10.2. The van der Waals surface area contributed by atoms with E-state index in [1.54, 1.807) is 11.3 Å². The van der Waals surface area contributed by atoms with Crippen LogP contribution in [0.2, 0.25) is 0 Å². The van der Waals surface area contributed by atoms with Gasteiger partial charge in [-0.15, -0.1) is 11.3 Å². The molecule has 3 aromatic rings. The molecule has 0 unspecified atom stereocenters. The van der Waals surface area contributed by atoms with Gasteiger partial charge in [0.1, 0.15) is 0 Å². The lowest BCUT2D eigenvalue weighted by Crippen LogP contribution is -2.24. The molecule has 0 bridgehead atoms. The zero-order valence-corrected chi connectivity index (χ0v) is 11.1. The first-order valence-electron chi connectivity index (χ1n) is 6.03. The van der Waals surface area contributed by atoms with Gasteiger partial charge in [0.2, 0.25) is 5.91 Å². The number of amides is 1. The third-order valence-electron chi connectivity index (χ3n) is 2.82. The van der Waals surface area contributed by atoms with E-state index in [0.717, 1.165) is 16.2 Å². The summed E-state index contributed by atoms with van der Waals surface area (Å²) in [5.74, 6) is 0.0163. The lowest BCUT2D eigenvalue weighted by molar-refractivity contribution is -0.120. The van der Waals surface area contributed by atoms with E-state index in [0.29, 0.717) is 13.0 Å². The van der Waals surface area contributed by atoms with Gasteiger partial charge in [-0.25, -0.2) is 4.98 Å². The van der Waals surface area contributed by atoms with Crippen LogP contribution in [0.3, 0.4) is 0 Å². The van der Waals surface area contributed by atoms with E-state index in [1.165, 1.54) is 0 Å². The van der Waals surface area contributed by atoms with Crippen molar-refractivity contribution < 1.29 is 4.79 Å². The second-order valence-corrected chi connectivity index (χ2v) is 5.14. The monoisotopic (exact) mass is 271 g/mol. The predicted molar refractivity (Wildman–Crippen MR) is 75.1 cm³/mol. The number of hydrogen-bond donors (Lipinski definition) is 1. The second-order valence-electron chi connectivity index (χ2n) is 4.26. The maximum absolute atomic E-state index is 11.8. The van der Waals surface area contributed by atoms with E-state index in [1.807, 2.05) is 52.5 Å². The topological polar surface area (TPSA) is 46.4 Å². The van der Waals surface area contributed by atoms with Crippen molar-refractivity contribution in [3.63, 3.8) is 0 Å². The highest BCUT2D eigenvalue weighted by Crippen LogP contribution is 2.11. The number of carbonyl (C=O) groups excluding carboxylic acids is 1. The number of fused-ring (bicyclic) bond motifs is 1. The summed E-state index contributed by atoms with van der Waals surface area (Å²) in [5, 5.41) is 4.87. The van der Waals surface area contributed by atoms with Crippen LogP contribution in [0, 0.1) is 0 Å². The smallest absolute Gasteiger partial charge is 0.224 e. The maximum Gasteiger partial charge on any atom is 0.224 e. The molecule has 0 fully saturated rings. The van der Waals surface area contributed by atoms with Crippen molar-refractivity contribution in [3.05, 3.63) is 59.4 Å². The molecule has 1 aromatic carbocycles. The fourth-order valence-corrected chi connectivity index (χ4v) is 2.61. The maximum atomic E-state index is 11.8. The standard InChI is InChI=1S/C14H13N3OS/c18-13(8-11-4-2-1-3-5-11)15-9-12-10-17-6-7-19-14(17)16-12/h1-7,10H,8-9H2,(H,15,18). The number of imidazole rings is 1. The largest absolute Gasteiger partial charge is 0.350 e. The van der Waals surface area contributed by atoms with Gasteiger partial charge >= 0.3 is 0 Å². The molecule has 1 N–H and O–H groups in total. The molecule has 0 atom stereocenters. The third kappa shape index (κ3) is 2.82. The van der Waals surface area contributed by atoms with E-state index in [2.05, 4.69) is 10.3 Å². The van der Waals surface area contributed by atoms with Crippen molar-refractivity contribution in [1.29, 1.82) is 0 Å². The van der Waals surface area contributed by atoms with Gasteiger partial charge in [-0.3, -0.25) is 9.20 Å². The Morgan fingerprint density at radius 1 is 1.32 bits per heavy atom. The average Bonchev–Trinajstić information content (AvgIpc) is 2.98. The predicted octanol–water partition coefficient (Wildman–Crippen LogP) is 2.25. The van der Waals surface area contributed by atoms with E-state index >= 15 is 0 Å². The molecule has 0 aliphatic carbocycles. The van der Waals surface area contributed by atoms with Gasteiger partial charge in [0.25, 0.3) is 0 Å². The normalized spacial score (nSPS) is 10.7. The Bertz CT molecular complexity index is 658. The number of nitrogens with zero attached hydrogens (tertiary/aromatic N) is 2. The SMILES string of the molecule is O=C(Cc1ccccc1)NCc1cn2ccsc2n1. The zero-order chi connectivity index (χ0) is 13.1. The van der Waals surface area contributed by atoms with Gasteiger partial charge in [0, 0.05) is 17.8 Å². The fourth-order valence-electron chi connectivity index (χ4n) is 1.89. The molecule has 0 aliphatic heterocycles. The summed E-state index contributed by atoms with van der Waals surface area (Å²) in [7, 11) is 0. The van der Waals surface area contributed by atoms with E-state index < -0.39 is 0 Å². The molecule has 0 radical (unpaired) electrons. The Morgan fingerprint density at radius 2 is 2.16 bits per heavy atom. The minimum Gasteiger partial charge on any atom is -0.350 e. The van der Waals surface area contributed by atoms with Crippen molar-refractivity contribution in [1.82, 2.24) is 14.7 Å². The summed E-state index contributed by atoms with van der Waals surface area (Å²) in [6.07, 6.45) is 4.31. The quantitative estimate of drug-likeness (QED) is 0.791. The van der Waals surface area contributed by atoms with Crippen molar-refractivity contribution in [3.8, 4) is 0 Å². The molecule has 96 valence electrons. The number of thiazole rings is 1. The lowest BCUT2D eigenvalue weighted by Gasteiger charge is -2.03. The van der Waals surface area contributed by atoms with Crippen molar-refractivity contribution in [2.24, 2.45) is 0 Å². The first-order valence-corrected chi connectivity index (χ1v) is 6.91.